The maximum atomic E-state index is 5.07. The Kier molecular flexibility index (Phi) is 2.73. The molecule has 1 aromatic heterocycles. The summed E-state index contributed by atoms with van der Waals surface area (Å²) in [6, 6.07) is 0.787. The lowest BCUT2D eigenvalue weighted by Gasteiger charge is -2.13. The Morgan fingerprint density at radius 3 is 2.80 bits per heavy atom. The van der Waals surface area contributed by atoms with Crippen LogP contribution in [0.4, 0.5) is 5.82 Å². The van der Waals surface area contributed by atoms with E-state index in [1.807, 2.05) is 0 Å². The number of aromatic nitrogens is 2. The molecule has 1 aromatic rings. The lowest BCUT2D eigenvalue weighted by Crippen LogP contribution is -2.14. The number of hydrogen-bond donors (Lipinski definition) is 2. The minimum Gasteiger partial charge on any atom is -0.467 e. The summed E-state index contributed by atoms with van der Waals surface area (Å²) in [5.41, 5.74) is 2.19. The normalized spacial score (nSPS) is 14.1. The molecule has 0 radical (unpaired) electrons. The zero-order valence-corrected chi connectivity index (χ0v) is 9.29. The summed E-state index contributed by atoms with van der Waals surface area (Å²) >= 11 is 0. The van der Waals surface area contributed by atoms with Crippen LogP contribution in [0.3, 0.4) is 0 Å². The Labute approximate surface area is 89.3 Å². The van der Waals surface area contributed by atoms with Crippen LogP contribution in [0, 0.1) is 0 Å². The van der Waals surface area contributed by atoms with E-state index in [1.165, 1.54) is 0 Å². The zero-order valence-electron chi connectivity index (χ0n) is 9.29. The molecule has 0 amide bonds. The number of fused-ring (bicyclic) bond motifs is 1. The molecule has 1 aliphatic rings. The number of methoxy groups -OCH3 is 1. The van der Waals surface area contributed by atoms with Gasteiger partial charge in [0.15, 0.2) is 0 Å². The third kappa shape index (κ3) is 2.02. The predicted octanol–water partition coefficient (Wildman–Crippen LogP) is 0.909. The molecule has 0 bridgehead atoms. The van der Waals surface area contributed by atoms with Gasteiger partial charge in [0.1, 0.15) is 5.82 Å². The molecule has 2 heterocycles. The molecule has 0 aliphatic carbocycles. The smallest absolute Gasteiger partial charge is 0.318 e. The van der Waals surface area contributed by atoms with E-state index in [-0.39, 0.29) is 0 Å². The van der Waals surface area contributed by atoms with Crippen LogP contribution in [0.15, 0.2) is 0 Å². The maximum Gasteiger partial charge on any atom is 0.318 e. The van der Waals surface area contributed by atoms with E-state index in [1.54, 1.807) is 7.11 Å². The van der Waals surface area contributed by atoms with Crippen LogP contribution in [-0.2, 0) is 13.1 Å². The van der Waals surface area contributed by atoms with Gasteiger partial charge in [-0.1, -0.05) is 0 Å². The minimum absolute atomic E-state index is 0.356. The molecule has 0 spiro atoms. The number of rotatable bonds is 3. The third-order valence-electron chi connectivity index (χ3n) is 2.27. The first-order chi connectivity index (χ1) is 7.20. The zero-order chi connectivity index (χ0) is 10.8. The quantitative estimate of drug-likeness (QED) is 0.773. The van der Waals surface area contributed by atoms with E-state index in [0.717, 1.165) is 30.2 Å². The number of hydrogen-bond acceptors (Lipinski definition) is 5. The fourth-order valence-electron chi connectivity index (χ4n) is 1.63. The van der Waals surface area contributed by atoms with E-state index in [4.69, 9.17) is 4.74 Å². The Bertz CT molecular complexity index is 365. The number of nitrogens with zero attached hydrogens (tertiary/aromatic N) is 2. The van der Waals surface area contributed by atoms with Crippen molar-refractivity contribution in [2.75, 3.05) is 12.4 Å². The second kappa shape index (κ2) is 4.02. The van der Waals surface area contributed by atoms with Crippen LogP contribution in [-0.4, -0.2) is 23.1 Å². The molecule has 0 saturated carbocycles. The van der Waals surface area contributed by atoms with Gasteiger partial charge in [-0.25, -0.2) is 0 Å². The first-order valence-corrected chi connectivity index (χ1v) is 5.11. The van der Waals surface area contributed by atoms with E-state index >= 15 is 0 Å². The molecule has 0 aromatic carbocycles. The standard InChI is InChI=1S/C10H16N4O/c1-6(2)12-9-7-4-11-5-8(7)13-10(14-9)15-3/h6,11H,4-5H2,1-3H3,(H,12,13,14). The van der Waals surface area contributed by atoms with Crippen molar-refractivity contribution in [2.24, 2.45) is 0 Å². The Balaban J connectivity index is 2.38. The molecule has 82 valence electrons. The van der Waals surface area contributed by atoms with Crippen molar-refractivity contribution in [3.05, 3.63) is 11.3 Å². The van der Waals surface area contributed by atoms with Gasteiger partial charge >= 0.3 is 6.01 Å². The topological polar surface area (TPSA) is 59.1 Å². The molecule has 0 atom stereocenters. The molecule has 0 unspecified atom stereocenters. The van der Waals surface area contributed by atoms with Crippen molar-refractivity contribution in [1.29, 1.82) is 0 Å². The summed E-state index contributed by atoms with van der Waals surface area (Å²) in [6.07, 6.45) is 0. The van der Waals surface area contributed by atoms with Gasteiger partial charge in [0.2, 0.25) is 0 Å². The first-order valence-electron chi connectivity index (χ1n) is 5.11. The highest BCUT2D eigenvalue weighted by Crippen LogP contribution is 2.23. The highest BCUT2D eigenvalue weighted by molar-refractivity contribution is 5.49. The average molecular weight is 208 g/mol. The molecule has 2 N–H and O–H groups in total. The number of ether oxygens (including phenoxy) is 1. The monoisotopic (exact) mass is 208 g/mol. The van der Waals surface area contributed by atoms with E-state index in [2.05, 4.69) is 34.4 Å². The minimum atomic E-state index is 0.356. The van der Waals surface area contributed by atoms with Gasteiger partial charge < -0.3 is 15.4 Å². The van der Waals surface area contributed by atoms with E-state index in [9.17, 15) is 0 Å². The summed E-state index contributed by atoms with van der Waals surface area (Å²) in [6.45, 7) is 5.79. The number of nitrogens with one attached hydrogen (secondary N) is 2. The molecule has 2 rings (SSSR count). The van der Waals surface area contributed by atoms with Crippen molar-refractivity contribution in [1.82, 2.24) is 15.3 Å². The summed E-state index contributed by atoms with van der Waals surface area (Å²) in [5, 5.41) is 6.56. The predicted molar refractivity (Wildman–Crippen MR) is 57.9 cm³/mol. The van der Waals surface area contributed by atoms with Crippen LogP contribution in [0.5, 0.6) is 6.01 Å². The Morgan fingerprint density at radius 1 is 1.33 bits per heavy atom. The van der Waals surface area contributed by atoms with Crippen LogP contribution >= 0.6 is 0 Å². The van der Waals surface area contributed by atoms with Crippen molar-refractivity contribution in [2.45, 2.75) is 33.0 Å². The number of anilines is 1. The molecule has 1 aliphatic heterocycles. The summed E-state index contributed by atoms with van der Waals surface area (Å²) in [5.74, 6) is 0.886. The van der Waals surface area contributed by atoms with Gasteiger partial charge in [-0.05, 0) is 13.8 Å². The van der Waals surface area contributed by atoms with E-state index in [0.29, 0.717) is 12.1 Å². The van der Waals surface area contributed by atoms with Gasteiger partial charge in [0.25, 0.3) is 0 Å². The van der Waals surface area contributed by atoms with Crippen molar-refractivity contribution >= 4 is 5.82 Å². The summed E-state index contributed by atoms with van der Waals surface area (Å²) in [4.78, 5) is 8.62. The van der Waals surface area contributed by atoms with Crippen LogP contribution < -0.4 is 15.4 Å². The van der Waals surface area contributed by atoms with Crippen LogP contribution in [0.2, 0.25) is 0 Å². The SMILES string of the molecule is COc1nc2c(c(NC(C)C)n1)CNC2. The first kappa shape index (κ1) is 10.2. The Hall–Kier alpha value is -1.36. The van der Waals surface area contributed by atoms with Gasteiger partial charge in [0.05, 0.1) is 12.8 Å². The third-order valence-corrected chi connectivity index (χ3v) is 2.27. The molecular formula is C10H16N4O. The largest absolute Gasteiger partial charge is 0.467 e. The molecule has 5 nitrogen and oxygen atoms in total. The van der Waals surface area contributed by atoms with Gasteiger partial charge in [-0.2, -0.15) is 9.97 Å². The highest BCUT2D eigenvalue weighted by Gasteiger charge is 2.19. The summed E-state index contributed by atoms with van der Waals surface area (Å²) in [7, 11) is 1.59. The van der Waals surface area contributed by atoms with Crippen molar-refractivity contribution < 1.29 is 4.74 Å². The second-order valence-electron chi connectivity index (χ2n) is 3.89. The highest BCUT2D eigenvalue weighted by atomic mass is 16.5. The second-order valence-corrected chi connectivity index (χ2v) is 3.89. The average Bonchev–Trinajstić information content (AvgIpc) is 2.64. The molecule has 5 heteroatoms. The maximum absolute atomic E-state index is 5.07. The molecular weight excluding hydrogens is 192 g/mol. The molecule has 0 fully saturated rings. The van der Waals surface area contributed by atoms with Crippen LogP contribution in [0.1, 0.15) is 25.1 Å². The van der Waals surface area contributed by atoms with Crippen LogP contribution in [0.25, 0.3) is 0 Å². The van der Waals surface area contributed by atoms with E-state index < -0.39 is 0 Å². The molecule has 0 saturated heterocycles. The lowest BCUT2D eigenvalue weighted by molar-refractivity contribution is 0.378. The fourth-order valence-corrected chi connectivity index (χ4v) is 1.63. The Morgan fingerprint density at radius 2 is 2.13 bits per heavy atom. The lowest BCUT2D eigenvalue weighted by atomic mass is 10.2. The molecule has 15 heavy (non-hydrogen) atoms. The summed E-state index contributed by atoms with van der Waals surface area (Å²) < 4.78 is 5.07. The van der Waals surface area contributed by atoms with Gasteiger partial charge in [-0.15, -0.1) is 0 Å². The fraction of sp³-hybridized carbons (Fsp3) is 0.600. The van der Waals surface area contributed by atoms with Crippen molar-refractivity contribution in [3.8, 4) is 6.01 Å². The van der Waals surface area contributed by atoms with Gasteiger partial charge in [-0.3, -0.25) is 0 Å². The van der Waals surface area contributed by atoms with Crippen molar-refractivity contribution in [3.63, 3.8) is 0 Å². The van der Waals surface area contributed by atoms with Gasteiger partial charge in [0, 0.05) is 24.7 Å².